The number of aryl methyl sites for hydroxylation is 1. The number of nitrogens with zero attached hydrogens (tertiary/aromatic N) is 1. The van der Waals surface area contributed by atoms with Crippen LogP contribution in [0.5, 0.6) is 0 Å². The number of benzene rings is 2. The van der Waals surface area contributed by atoms with Crippen LogP contribution in [-0.4, -0.2) is 9.67 Å². The number of aliphatic hydroxyl groups excluding tert-OH is 1. The Morgan fingerprint density at radius 1 is 1.05 bits per heavy atom. The summed E-state index contributed by atoms with van der Waals surface area (Å²) in [6, 6.07) is 15.7. The second-order valence-corrected chi connectivity index (χ2v) is 5.75. The van der Waals surface area contributed by atoms with Crippen molar-refractivity contribution >= 4 is 10.8 Å². The Bertz CT molecular complexity index is 893. The highest BCUT2D eigenvalue weighted by molar-refractivity contribution is 5.89. The Morgan fingerprint density at radius 2 is 1.73 bits per heavy atom. The van der Waals surface area contributed by atoms with Gasteiger partial charge in [-0.05, 0) is 48.1 Å². The first-order valence-corrected chi connectivity index (χ1v) is 7.37. The third kappa shape index (κ3) is 2.34. The fraction of sp³-hybridized carbons (Fsp3) is 0.211. The lowest BCUT2D eigenvalue weighted by Crippen LogP contribution is -2.19. The van der Waals surface area contributed by atoms with Gasteiger partial charge in [-0.15, -0.1) is 0 Å². The van der Waals surface area contributed by atoms with Gasteiger partial charge in [0.25, 0.3) is 5.56 Å². The monoisotopic (exact) mass is 293 g/mol. The average Bonchev–Trinajstić information content (AvgIpc) is 2.51. The van der Waals surface area contributed by atoms with Crippen LogP contribution in [0, 0.1) is 6.92 Å². The molecule has 3 rings (SSSR count). The second-order valence-electron chi connectivity index (χ2n) is 5.75. The lowest BCUT2D eigenvalue weighted by molar-refractivity contribution is 0.201. The van der Waals surface area contributed by atoms with E-state index in [1.165, 1.54) is 0 Å². The topological polar surface area (TPSA) is 42.2 Å². The zero-order chi connectivity index (χ0) is 15.9. The van der Waals surface area contributed by atoms with E-state index in [1.807, 2.05) is 55.5 Å². The highest BCUT2D eigenvalue weighted by Crippen LogP contribution is 2.28. The van der Waals surface area contributed by atoms with Gasteiger partial charge in [-0.25, -0.2) is 0 Å². The molecule has 0 saturated heterocycles. The van der Waals surface area contributed by atoms with E-state index in [-0.39, 0.29) is 5.56 Å². The van der Waals surface area contributed by atoms with Crippen LogP contribution in [-0.2, 0) is 7.05 Å². The van der Waals surface area contributed by atoms with Crippen LogP contribution >= 0.6 is 0 Å². The number of hydrogen-bond acceptors (Lipinski definition) is 2. The molecule has 1 unspecified atom stereocenters. The summed E-state index contributed by atoms with van der Waals surface area (Å²) >= 11 is 0. The van der Waals surface area contributed by atoms with Crippen molar-refractivity contribution in [1.29, 1.82) is 0 Å². The summed E-state index contributed by atoms with van der Waals surface area (Å²) < 4.78 is 1.67. The van der Waals surface area contributed by atoms with Gasteiger partial charge in [0.05, 0.1) is 11.8 Å². The Morgan fingerprint density at radius 3 is 2.36 bits per heavy atom. The lowest BCUT2D eigenvalue weighted by Gasteiger charge is -2.15. The molecule has 0 spiro atoms. The van der Waals surface area contributed by atoms with Crippen LogP contribution in [0.1, 0.15) is 24.2 Å². The number of pyridine rings is 1. The number of aliphatic hydroxyl groups is 1. The molecule has 0 radical (unpaired) electrons. The largest absolute Gasteiger partial charge is 0.389 e. The molecule has 0 amide bonds. The Kier molecular flexibility index (Phi) is 3.59. The summed E-state index contributed by atoms with van der Waals surface area (Å²) in [7, 11) is 1.79. The van der Waals surface area contributed by atoms with Crippen LogP contribution < -0.4 is 5.56 Å². The molecular weight excluding hydrogens is 274 g/mol. The maximum absolute atomic E-state index is 12.7. The van der Waals surface area contributed by atoms with Crippen LogP contribution in [0.25, 0.3) is 22.0 Å². The third-order valence-electron chi connectivity index (χ3n) is 4.05. The van der Waals surface area contributed by atoms with E-state index in [1.54, 1.807) is 18.5 Å². The van der Waals surface area contributed by atoms with Crippen molar-refractivity contribution in [3.8, 4) is 11.3 Å². The summed E-state index contributed by atoms with van der Waals surface area (Å²) in [6.45, 7) is 3.67. The molecule has 112 valence electrons. The molecule has 3 nitrogen and oxygen atoms in total. The van der Waals surface area contributed by atoms with Gasteiger partial charge in [0.2, 0.25) is 0 Å². The zero-order valence-electron chi connectivity index (χ0n) is 13.0. The molecule has 0 bridgehead atoms. The van der Waals surface area contributed by atoms with Gasteiger partial charge in [0, 0.05) is 12.4 Å². The second kappa shape index (κ2) is 5.43. The van der Waals surface area contributed by atoms with E-state index in [4.69, 9.17) is 0 Å². The van der Waals surface area contributed by atoms with Crippen molar-refractivity contribution in [3.63, 3.8) is 0 Å². The van der Waals surface area contributed by atoms with Crippen molar-refractivity contribution in [3.05, 3.63) is 70.0 Å². The molecule has 0 aliphatic heterocycles. The van der Waals surface area contributed by atoms with Crippen LogP contribution in [0.3, 0.4) is 0 Å². The van der Waals surface area contributed by atoms with Crippen molar-refractivity contribution in [2.45, 2.75) is 20.0 Å². The maximum Gasteiger partial charge on any atom is 0.258 e. The first-order valence-electron chi connectivity index (χ1n) is 7.37. The number of fused-ring (bicyclic) bond motifs is 1. The van der Waals surface area contributed by atoms with E-state index in [9.17, 15) is 9.90 Å². The van der Waals surface area contributed by atoms with Gasteiger partial charge < -0.3 is 9.67 Å². The predicted molar refractivity (Wildman–Crippen MR) is 90.0 cm³/mol. The van der Waals surface area contributed by atoms with Gasteiger partial charge in [-0.2, -0.15) is 0 Å². The number of rotatable bonds is 2. The van der Waals surface area contributed by atoms with Crippen LogP contribution in [0.2, 0.25) is 0 Å². The van der Waals surface area contributed by atoms with E-state index >= 15 is 0 Å². The zero-order valence-corrected chi connectivity index (χ0v) is 13.0. The Hall–Kier alpha value is -2.39. The Labute approximate surface area is 129 Å². The molecule has 3 heteroatoms. The van der Waals surface area contributed by atoms with Crippen molar-refractivity contribution < 1.29 is 5.11 Å². The van der Waals surface area contributed by atoms with Gasteiger partial charge >= 0.3 is 0 Å². The molecule has 22 heavy (non-hydrogen) atoms. The van der Waals surface area contributed by atoms with Gasteiger partial charge in [-0.3, -0.25) is 4.79 Å². The fourth-order valence-corrected chi connectivity index (χ4v) is 2.92. The van der Waals surface area contributed by atoms with Crippen LogP contribution in [0.4, 0.5) is 0 Å². The first kappa shape index (κ1) is 14.5. The van der Waals surface area contributed by atoms with E-state index in [0.29, 0.717) is 5.39 Å². The predicted octanol–water partition coefficient (Wildman–Crippen LogP) is 3.57. The minimum absolute atomic E-state index is 0.0399. The summed E-state index contributed by atoms with van der Waals surface area (Å²) in [5.74, 6) is 0. The molecule has 2 aromatic carbocycles. The molecule has 1 heterocycles. The lowest BCUT2D eigenvalue weighted by atomic mass is 9.97. The average molecular weight is 293 g/mol. The molecular formula is C19H19NO2. The summed E-state index contributed by atoms with van der Waals surface area (Å²) in [5, 5.41) is 11.5. The molecule has 1 N–H and O–H groups in total. The minimum Gasteiger partial charge on any atom is -0.389 e. The quantitative estimate of drug-likeness (QED) is 0.785. The molecule has 0 fully saturated rings. The SMILES string of the molecule is Cc1cc(C(C)O)c2cc(-c3ccccc3)n(C)c(=O)c2c1. The molecule has 1 atom stereocenters. The summed E-state index contributed by atoms with van der Waals surface area (Å²) in [5.41, 5.74) is 3.57. The fourth-order valence-electron chi connectivity index (χ4n) is 2.92. The smallest absolute Gasteiger partial charge is 0.258 e. The third-order valence-corrected chi connectivity index (χ3v) is 4.05. The minimum atomic E-state index is -0.613. The molecule has 0 aliphatic carbocycles. The summed E-state index contributed by atoms with van der Waals surface area (Å²) in [4.78, 5) is 12.7. The van der Waals surface area contributed by atoms with E-state index < -0.39 is 6.10 Å². The van der Waals surface area contributed by atoms with Crippen LogP contribution in [0.15, 0.2) is 53.3 Å². The molecule has 0 saturated carbocycles. The van der Waals surface area contributed by atoms with Crippen molar-refractivity contribution in [1.82, 2.24) is 4.57 Å². The number of aromatic nitrogens is 1. The standard InChI is InChI=1S/C19H19NO2/c1-12-9-15(13(2)21)16-11-18(14-7-5-4-6-8-14)20(3)19(22)17(16)10-12/h4-11,13,21H,1-3H3. The molecule has 3 aromatic rings. The van der Waals surface area contributed by atoms with E-state index in [2.05, 4.69) is 0 Å². The Balaban J connectivity index is 2.43. The molecule has 1 aromatic heterocycles. The van der Waals surface area contributed by atoms with E-state index in [0.717, 1.165) is 27.8 Å². The maximum atomic E-state index is 12.7. The normalized spacial score (nSPS) is 12.5. The van der Waals surface area contributed by atoms with Crippen molar-refractivity contribution in [2.24, 2.45) is 7.05 Å². The molecule has 0 aliphatic rings. The van der Waals surface area contributed by atoms with Gasteiger partial charge in [-0.1, -0.05) is 36.4 Å². The first-order chi connectivity index (χ1) is 10.5. The highest BCUT2D eigenvalue weighted by atomic mass is 16.3. The highest BCUT2D eigenvalue weighted by Gasteiger charge is 2.14. The van der Waals surface area contributed by atoms with Gasteiger partial charge in [0.1, 0.15) is 0 Å². The number of hydrogen-bond donors (Lipinski definition) is 1. The summed E-state index contributed by atoms with van der Waals surface area (Å²) in [6.07, 6.45) is -0.613. The van der Waals surface area contributed by atoms with Crippen molar-refractivity contribution in [2.75, 3.05) is 0 Å². The van der Waals surface area contributed by atoms with Gasteiger partial charge in [0.15, 0.2) is 0 Å².